The molecule has 0 rings (SSSR count). The third-order valence-electron chi connectivity index (χ3n) is 3.70. The molecule has 0 amide bonds. The van der Waals surface area contributed by atoms with Gasteiger partial charge in [0.2, 0.25) is 0 Å². The third kappa shape index (κ3) is 5.79. The highest BCUT2D eigenvalue weighted by Crippen LogP contribution is 2.47. The predicted octanol–water partition coefficient (Wildman–Crippen LogP) is 2.56. The van der Waals surface area contributed by atoms with Crippen molar-refractivity contribution in [2.75, 3.05) is 6.16 Å². The third-order valence-corrected chi connectivity index (χ3v) is 4.49. The van der Waals surface area contributed by atoms with Crippen LogP contribution in [0.2, 0.25) is 0 Å². The minimum Gasteiger partial charge on any atom is -0.481 e. The number of hydrogen-bond donors (Lipinski definition) is 3. The van der Waals surface area contributed by atoms with Crippen LogP contribution in [0.25, 0.3) is 0 Å². The number of carbonyl (C=O) groups is 2. The average Bonchev–Trinajstić information content (AvgIpc) is 2.17. The molecule has 0 bridgehead atoms. The summed E-state index contributed by atoms with van der Waals surface area (Å²) in [6.07, 6.45) is -0.401. The molecule has 21 heavy (non-hydrogen) atoms. The molecular formula is C14H27O6P. The molecule has 6 nitrogen and oxygen atoms in total. The van der Waals surface area contributed by atoms with E-state index >= 15 is 0 Å². The molecule has 3 N–H and O–H groups in total. The number of aliphatic carboxylic acids is 2. The van der Waals surface area contributed by atoms with E-state index in [0.29, 0.717) is 0 Å². The van der Waals surface area contributed by atoms with Crippen LogP contribution in [0.4, 0.5) is 0 Å². The summed E-state index contributed by atoms with van der Waals surface area (Å²) in [6.45, 7) is 10.5. The van der Waals surface area contributed by atoms with Crippen molar-refractivity contribution >= 4 is 20.0 Å². The average molecular weight is 322 g/mol. The van der Waals surface area contributed by atoms with Crippen LogP contribution in [0, 0.1) is 28.6 Å². The van der Waals surface area contributed by atoms with Crippen molar-refractivity contribution in [2.45, 2.75) is 41.5 Å². The standard InChI is InChI=1S/C14H27O6P/c1-13(2,3)9(8(11(15)16)7-21(19)20)10(12(17)18)14(4,5)6/h8-10,21H,7H2,1-6H3,(H,15,16)(H,17,18)(H,19,20). The first-order valence-electron chi connectivity index (χ1n) is 6.87. The van der Waals surface area contributed by atoms with Crippen LogP contribution in [0.3, 0.4) is 0 Å². The Morgan fingerprint density at radius 2 is 1.38 bits per heavy atom. The minimum absolute atomic E-state index is 0.401. The molecule has 124 valence electrons. The highest BCUT2D eigenvalue weighted by atomic mass is 31.1. The van der Waals surface area contributed by atoms with E-state index < -0.39 is 54.7 Å². The van der Waals surface area contributed by atoms with E-state index in [9.17, 15) is 24.4 Å². The Labute approximate surface area is 126 Å². The molecule has 0 spiro atoms. The number of carboxylic acid groups (broad SMARTS) is 2. The van der Waals surface area contributed by atoms with Crippen LogP contribution in [-0.2, 0) is 14.2 Å². The van der Waals surface area contributed by atoms with Crippen molar-refractivity contribution in [3.05, 3.63) is 0 Å². The first-order chi connectivity index (χ1) is 9.19. The molecule has 0 radical (unpaired) electrons. The zero-order chi connectivity index (χ0) is 17.2. The van der Waals surface area contributed by atoms with Gasteiger partial charge in [-0.3, -0.25) is 14.2 Å². The van der Waals surface area contributed by atoms with E-state index in [2.05, 4.69) is 0 Å². The second-order valence-electron chi connectivity index (χ2n) is 7.62. The van der Waals surface area contributed by atoms with Crippen LogP contribution >= 0.6 is 8.03 Å². The Balaban J connectivity index is 6.01. The molecule has 4 atom stereocenters. The Morgan fingerprint density at radius 1 is 0.952 bits per heavy atom. The quantitative estimate of drug-likeness (QED) is 0.648. The van der Waals surface area contributed by atoms with Gasteiger partial charge in [-0.2, -0.15) is 0 Å². The van der Waals surface area contributed by atoms with E-state index in [1.165, 1.54) is 0 Å². The molecule has 0 aliphatic rings. The van der Waals surface area contributed by atoms with Gasteiger partial charge in [0.15, 0.2) is 8.03 Å². The van der Waals surface area contributed by atoms with Gasteiger partial charge in [-0.1, -0.05) is 41.5 Å². The van der Waals surface area contributed by atoms with Crippen molar-refractivity contribution in [3.8, 4) is 0 Å². The summed E-state index contributed by atoms with van der Waals surface area (Å²) in [5.74, 6) is -5.15. The molecule has 4 unspecified atom stereocenters. The topological polar surface area (TPSA) is 112 Å². The largest absolute Gasteiger partial charge is 0.481 e. The van der Waals surface area contributed by atoms with Gasteiger partial charge < -0.3 is 15.1 Å². The summed E-state index contributed by atoms with van der Waals surface area (Å²) in [6, 6.07) is 0. The lowest BCUT2D eigenvalue weighted by Gasteiger charge is -2.44. The van der Waals surface area contributed by atoms with Crippen molar-refractivity contribution in [2.24, 2.45) is 28.6 Å². The molecule has 7 heteroatoms. The van der Waals surface area contributed by atoms with Crippen molar-refractivity contribution in [3.63, 3.8) is 0 Å². The van der Waals surface area contributed by atoms with Gasteiger partial charge in [0.25, 0.3) is 0 Å². The summed E-state index contributed by atoms with van der Waals surface area (Å²) in [5, 5.41) is 19.0. The molecule has 0 aromatic carbocycles. The molecule has 0 fully saturated rings. The summed E-state index contributed by atoms with van der Waals surface area (Å²) in [5.41, 5.74) is -1.29. The monoisotopic (exact) mass is 322 g/mol. The molecule has 0 aliphatic heterocycles. The number of rotatable bonds is 6. The molecule has 0 aromatic heterocycles. The van der Waals surface area contributed by atoms with Gasteiger partial charge in [0.1, 0.15) is 0 Å². The zero-order valence-corrected chi connectivity index (χ0v) is 14.5. The maximum atomic E-state index is 11.7. The van der Waals surface area contributed by atoms with Gasteiger partial charge >= 0.3 is 11.9 Å². The lowest BCUT2D eigenvalue weighted by molar-refractivity contribution is -0.157. The summed E-state index contributed by atoms with van der Waals surface area (Å²) < 4.78 is 11.2. The summed E-state index contributed by atoms with van der Waals surface area (Å²) in [7, 11) is -3.01. The van der Waals surface area contributed by atoms with Crippen molar-refractivity contribution in [1.29, 1.82) is 0 Å². The van der Waals surface area contributed by atoms with Crippen molar-refractivity contribution in [1.82, 2.24) is 0 Å². The second-order valence-corrected chi connectivity index (χ2v) is 8.81. The Kier molecular flexibility index (Phi) is 6.64. The lowest BCUT2D eigenvalue weighted by atomic mass is 9.60. The first-order valence-corrected chi connectivity index (χ1v) is 8.43. The molecule has 0 heterocycles. The number of carboxylic acids is 2. The van der Waals surface area contributed by atoms with Crippen LogP contribution in [0.1, 0.15) is 41.5 Å². The predicted molar refractivity (Wildman–Crippen MR) is 80.7 cm³/mol. The Morgan fingerprint density at radius 3 is 1.57 bits per heavy atom. The first kappa shape index (κ1) is 20.1. The fourth-order valence-electron chi connectivity index (χ4n) is 2.95. The van der Waals surface area contributed by atoms with Crippen LogP contribution < -0.4 is 0 Å². The smallest absolute Gasteiger partial charge is 0.307 e. The van der Waals surface area contributed by atoms with Gasteiger partial charge in [-0.05, 0) is 16.7 Å². The summed E-state index contributed by atoms with van der Waals surface area (Å²) >= 11 is 0. The van der Waals surface area contributed by atoms with E-state index in [1.54, 1.807) is 41.5 Å². The normalized spacial score (nSPS) is 18.6. The second kappa shape index (κ2) is 6.93. The van der Waals surface area contributed by atoms with Crippen LogP contribution in [-0.4, -0.2) is 33.2 Å². The SMILES string of the molecule is CC(C)(C)C(C(=O)O)C(C(C[PH](=O)O)C(=O)O)C(C)(C)C. The maximum absolute atomic E-state index is 11.7. The van der Waals surface area contributed by atoms with Crippen LogP contribution in [0.15, 0.2) is 0 Å². The zero-order valence-electron chi connectivity index (χ0n) is 13.5. The molecular weight excluding hydrogens is 295 g/mol. The molecule has 0 aromatic rings. The van der Waals surface area contributed by atoms with Crippen LogP contribution in [0.5, 0.6) is 0 Å². The van der Waals surface area contributed by atoms with Gasteiger partial charge in [0.05, 0.1) is 11.8 Å². The van der Waals surface area contributed by atoms with E-state index in [-0.39, 0.29) is 0 Å². The fourth-order valence-corrected chi connectivity index (χ4v) is 3.76. The van der Waals surface area contributed by atoms with E-state index in [0.717, 1.165) is 0 Å². The lowest BCUT2D eigenvalue weighted by Crippen LogP contribution is -2.47. The summed E-state index contributed by atoms with van der Waals surface area (Å²) in [4.78, 5) is 32.4. The van der Waals surface area contributed by atoms with Gasteiger partial charge in [0, 0.05) is 6.16 Å². The maximum Gasteiger partial charge on any atom is 0.307 e. The highest BCUT2D eigenvalue weighted by Gasteiger charge is 2.49. The Hall–Kier alpha value is -0.870. The van der Waals surface area contributed by atoms with Gasteiger partial charge in [-0.25, -0.2) is 0 Å². The number of hydrogen-bond acceptors (Lipinski definition) is 3. The van der Waals surface area contributed by atoms with Crippen molar-refractivity contribution < 1.29 is 29.3 Å². The highest BCUT2D eigenvalue weighted by molar-refractivity contribution is 7.38. The Bertz CT molecular complexity index is 418. The van der Waals surface area contributed by atoms with Gasteiger partial charge in [-0.15, -0.1) is 0 Å². The minimum atomic E-state index is -3.01. The van der Waals surface area contributed by atoms with E-state index in [1.807, 2.05) is 0 Å². The molecule has 0 saturated heterocycles. The molecule has 0 aliphatic carbocycles. The van der Waals surface area contributed by atoms with E-state index in [4.69, 9.17) is 4.89 Å². The fraction of sp³-hybridized carbons (Fsp3) is 0.857. The molecule has 0 saturated carbocycles.